The Balaban J connectivity index is 1.94. The van der Waals surface area contributed by atoms with Crippen molar-refractivity contribution < 1.29 is 19.4 Å². The maximum Gasteiger partial charge on any atom is 0.300 e. The molecule has 0 bridgehead atoms. The largest absolute Gasteiger partial charge is 0.507 e. The van der Waals surface area contributed by atoms with Crippen LogP contribution in [-0.2, 0) is 9.59 Å². The van der Waals surface area contributed by atoms with Gasteiger partial charge >= 0.3 is 0 Å². The summed E-state index contributed by atoms with van der Waals surface area (Å²) in [7, 11) is 0. The van der Waals surface area contributed by atoms with Crippen LogP contribution in [0.5, 0.6) is 5.75 Å². The number of aryl methyl sites for hydroxylation is 1. The van der Waals surface area contributed by atoms with Crippen molar-refractivity contribution in [2.24, 2.45) is 0 Å². The van der Waals surface area contributed by atoms with Gasteiger partial charge in [0.15, 0.2) is 0 Å². The van der Waals surface area contributed by atoms with E-state index in [1.165, 1.54) is 4.90 Å². The van der Waals surface area contributed by atoms with Crippen LogP contribution in [0.1, 0.15) is 29.7 Å². The Morgan fingerprint density at radius 3 is 2.53 bits per heavy atom. The van der Waals surface area contributed by atoms with Gasteiger partial charge in [0, 0.05) is 23.6 Å². The maximum absolute atomic E-state index is 13.2. The summed E-state index contributed by atoms with van der Waals surface area (Å²) in [6, 6.07) is 14.7. The second-order valence-corrected chi connectivity index (χ2v) is 7.72. The van der Waals surface area contributed by atoms with E-state index in [1.54, 1.807) is 54.9 Å². The van der Waals surface area contributed by atoms with Gasteiger partial charge in [-0.05, 0) is 61.4 Å². The minimum absolute atomic E-state index is 0.00535. The van der Waals surface area contributed by atoms with Crippen molar-refractivity contribution in [2.75, 3.05) is 11.5 Å². The summed E-state index contributed by atoms with van der Waals surface area (Å²) in [6.45, 7) is 4.07. The second-order valence-electron chi connectivity index (χ2n) is 7.31. The van der Waals surface area contributed by atoms with E-state index in [2.05, 4.69) is 4.98 Å². The lowest BCUT2D eigenvalue weighted by Crippen LogP contribution is -2.30. The van der Waals surface area contributed by atoms with E-state index < -0.39 is 17.7 Å². The number of carbonyl (C=O) groups excluding carboxylic acids is 2. The van der Waals surface area contributed by atoms with Crippen molar-refractivity contribution in [3.05, 3.63) is 94.3 Å². The number of aliphatic hydroxyl groups is 1. The zero-order valence-electron chi connectivity index (χ0n) is 17.6. The van der Waals surface area contributed by atoms with Crippen LogP contribution >= 0.6 is 11.6 Å². The monoisotopic (exact) mass is 448 g/mol. The topological polar surface area (TPSA) is 79.7 Å². The lowest BCUT2D eigenvalue weighted by molar-refractivity contribution is -0.132. The molecule has 1 atom stereocenters. The number of ether oxygens (including phenoxy) is 1. The predicted octanol–water partition coefficient (Wildman–Crippen LogP) is 5.07. The van der Waals surface area contributed by atoms with Crippen LogP contribution in [0.2, 0.25) is 5.02 Å². The summed E-state index contributed by atoms with van der Waals surface area (Å²) in [5, 5.41) is 11.6. The number of pyridine rings is 1. The van der Waals surface area contributed by atoms with E-state index in [0.717, 1.165) is 5.56 Å². The molecule has 0 saturated carbocycles. The molecule has 7 heteroatoms. The Kier molecular flexibility index (Phi) is 5.97. The van der Waals surface area contributed by atoms with Gasteiger partial charge in [-0.1, -0.05) is 29.8 Å². The van der Waals surface area contributed by atoms with Crippen molar-refractivity contribution in [1.29, 1.82) is 0 Å². The smallest absolute Gasteiger partial charge is 0.300 e. The molecule has 1 aromatic heterocycles. The fraction of sp³-hybridized carbons (Fsp3) is 0.160. The Bertz CT molecular complexity index is 1220. The van der Waals surface area contributed by atoms with Crippen LogP contribution in [0.4, 0.5) is 5.69 Å². The van der Waals surface area contributed by atoms with E-state index in [4.69, 9.17) is 16.3 Å². The van der Waals surface area contributed by atoms with Crippen molar-refractivity contribution in [1.82, 2.24) is 4.98 Å². The van der Waals surface area contributed by atoms with E-state index in [-0.39, 0.29) is 11.3 Å². The molecule has 0 aliphatic carbocycles. The van der Waals surface area contributed by atoms with Crippen molar-refractivity contribution in [2.45, 2.75) is 19.9 Å². The summed E-state index contributed by atoms with van der Waals surface area (Å²) < 4.78 is 5.52. The minimum atomic E-state index is -0.815. The minimum Gasteiger partial charge on any atom is -0.507 e. The zero-order valence-corrected chi connectivity index (χ0v) is 18.3. The number of carbonyl (C=O) groups is 2. The Hall–Kier alpha value is -3.64. The van der Waals surface area contributed by atoms with Gasteiger partial charge in [-0.15, -0.1) is 0 Å². The Morgan fingerprint density at radius 1 is 1.12 bits per heavy atom. The molecule has 1 amide bonds. The number of para-hydroxylation sites is 1. The number of aromatic nitrogens is 1. The number of amides is 1. The highest BCUT2D eigenvalue weighted by atomic mass is 35.5. The number of nitrogens with zero attached hydrogens (tertiary/aromatic N) is 2. The SMILES string of the molecule is CCOc1cc(/C(O)=C2/C(=O)C(=O)N(c3ccccc3C)C2c2ccncc2)ccc1Cl. The third kappa shape index (κ3) is 3.74. The molecule has 3 aromatic rings. The average Bonchev–Trinajstić information content (AvgIpc) is 3.06. The van der Waals surface area contributed by atoms with Crippen LogP contribution in [0.3, 0.4) is 0 Å². The summed E-state index contributed by atoms with van der Waals surface area (Å²) in [5.41, 5.74) is 2.41. The van der Waals surface area contributed by atoms with Crippen molar-refractivity contribution in [3.63, 3.8) is 0 Å². The Labute approximate surface area is 190 Å². The molecule has 0 spiro atoms. The Morgan fingerprint density at radius 2 is 1.84 bits per heavy atom. The summed E-state index contributed by atoms with van der Waals surface area (Å²) in [4.78, 5) is 31.8. The standard InChI is InChI=1S/C25H21ClN2O4/c1-3-32-20-14-17(8-9-18(20)26)23(29)21-22(16-10-12-27-13-11-16)28(25(31)24(21)30)19-7-5-4-6-15(19)2/h4-14,22,29H,3H2,1-2H3/b23-21-. The molecule has 1 aliphatic rings. The number of anilines is 1. The van der Waals surface area contributed by atoms with Gasteiger partial charge in [0.25, 0.3) is 11.7 Å². The molecule has 6 nitrogen and oxygen atoms in total. The molecule has 0 radical (unpaired) electrons. The predicted molar refractivity (Wildman–Crippen MR) is 123 cm³/mol. The van der Waals surface area contributed by atoms with Gasteiger partial charge in [-0.2, -0.15) is 0 Å². The van der Waals surface area contributed by atoms with E-state index in [0.29, 0.717) is 34.2 Å². The summed E-state index contributed by atoms with van der Waals surface area (Å²) in [6.07, 6.45) is 3.17. The van der Waals surface area contributed by atoms with Gasteiger partial charge < -0.3 is 9.84 Å². The molecule has 1 aliphatic heterocycles. The van der Waals surface area contributed by atoms with Crippen LogP contribution in [-0.4, -0.2) is 28.4 Å². The number of hydrogen-bond donors (Lipinski definition) is 1. The first-order valence-electron chi connectivity index (χ1n) is 10.1. The number of ketones is 1. The first kappa shape index (κ1) is 21.6. The van der Waals surface area contributed by atoms with Crippen LogP contribution < -0.4 is 9.64 Å². The lowest BCUT2D eigenvalue weighted by atomic mass is 9.95. The molecular formula is C25H21ClN2O4. The molecule has 1 N–H and O–H groups in total. The van der Waals surface area contributed by atoms with Crippen LogP contribution in [0.25, 0.3) is 5.76 Å². The average molecular weight is 449 g/mol. The molecule has 4 rings (SSSR count). The highest BCUT2D eigenvalue weighted by molar-refractivity contribution is 6.51. The summed E-state index contributed by atoms with van der Waals surface area (Å²) >= 11 is 6.18. The van der Waals surface area contributed by atoms with E-state index in [9.17, 15) is 14.7 Å². The third-order valence-corrected chi connectivity index (χ3v) is 5.66. The van der Waals surface area contributed by atoms with Gasteiger partial charge in [0.05, 0.1) is 23.2 Å². The lowest BCUT2D eigenvalue weighted by Gasteiger charge is -2.26. The van der Waals surface area contributed by atoms with Gasteiger partial charge in [-0.25, -0.2) is 0 Å². The number of hydrogen-bond acceptors (Lipinski definition) is 5. The number of aliphatic hydroxyl groups excluding tert-OH is 1. The number of halogens is 1. The molecular weight excluding hydrogens is 428 g/mol. The maximum atomic E-state index is 13.2. The van der Waals surface area contributed by atoms with E-state index in [1.807, 2.05) is 26.0 Å². The molecule has 2 heterocycles. The molecule has 32 heavy (non-hydrogen) atoms. The first-order chi connectivity index (χ1) is 15.4. The fourth-order valence-corrected chi connectivity index (χ4v) is 4.02. The third-order valence-electron chi connectivity index (χ3n) is 5.35. The van der Waals surface area contributed by atoms with E-state index >= 15 is 0 Å². The molecule has 162 valence electrons. The number of benzene rings is 2. The molecule has 1 unspecified atom stereocenters. The highest BCUT2D eigenvalue weighted by Gasteiger charge is 2.47. The quantitative estimate of drug-likeness (QED) is 0.335. The summed E-state index contributed by atoms with van der Waals surface area (Å²) in [5.74, 6) is -1.38. The van der Waals surface area contributed by atoms with Gasteiger partial charge in [0.1, 0.15) is 11.5 Å². The molecule has 2 aromatic carbocycles. The van der Waals surface area contributed by atoms with Gasteiger partial charge in [-0.3, -0.25) is 19.5 Å². The molecule has 1 fully saturated rings. The zero-order chi connectivity index (χ0) is 22.8. The van der Waals surface area contributed by atoms with Crippen LogP contribution in [0, 0.1) is 6.92 Å². The van der Waals surface area contributed by atoms with Gasteiger partial charge in [0.2, 0.25) is 0 Å². The van der Waals surface area contributed by atoms with Crippen molar-refractivity contribution in [3.8, 4) is 5.75 Å². The fourth-order valence-electron chi connectivity index (χ4n) is 3.85. The highest BCUT2D eigenvalue weighted by Crippen LogP contribution is 2.43. The molecule has 1 saturated heterocycles. The number of rotatable bonds is 5. The van der Waals surface area contributed by atoms with Crippen molar-refractivity contribution >= 4 is 34.7 Å². The van der Waals surface area contributed by atoms with Crippen LogP contribution in [0.15, 0.2) is 72.6 Å². The first-order valence-corrected chi connectivity index (χ1v) is 10.5. The number of Topliss-reactive ketones (excluding diaryl/α,β-unsaturated/α-hetero) is 1. The second kappa shape index (κ2) is 8.85. The normalized spacial score (nSPS) is 17.6.